The van der Waals surface area contributed by atoms with Crippen LogP contribution in [0.1, 0.15) is 26.8 Å². The SMILES string of the molecule is COc1cc(C)sc1C(=O)N1CC[C@H](N(C)Cc2nccc(N)n2)C1. The summed E-state index contributed by atoms with van der Waals surface area (Å²) >= 11 is 1.48. The molecule has 1 amide bonds. The second kappa shape index (κ2) is 7.37. The molecule has 0 aliphatic carbocycles. The highest BCUT2D eigenvalue weighted by molar-refractivity contribution is 7.14. The van der Waals surface area contributed by atoms with Gasteiger partial charge in [0.1, 0.15) is 22.3 Å². The van der Waals surface area contributed by atoms with Gasteiger partial charge in [-0.25, -0.2) is 9.97 Å². The number of anilines is 1. The molecule has 3 heterocycles. The number of aromatic nitrogens is 2. The molecule has 7 nitrogen and oxygen atoms in total. The lowest BCUT2D eigenvalue weighted by molar-refractivity contribution is 0.0781. The summed E-state index contributed by atoms with van der Waals surface area (Å²) < 4.78 is 5.34. The van der Waals surface area contributed by atoms with Gasteiger partial charge < -0.3 is 15.4 Å². The largest absolute Gasteiger partial charge is 0.495 e. The van der Waals surface area contributed by atoms with Gasteiger partial charge in [0, 0.05) is 30.2 Å². The number of nitrogens with zero attached hydrogens (tertiary/aromatic N) is 4. The summed E-state index contributed by atoms with van der Waals surface area (Å²) in [5.41, 5.74) is 5.71. The van der Waals surface area contributed by atoms with Crippen LogP contribution in [0.4, 0.5) is 5.82 Å². The van der Waals surface area contributed by atoms with E-state index in [0.717, 1.165) is 17.8 Å². The molecule has 134 valence electrons. The summed E-state index contributed by atoms with van der Waals surface area (Å²) in [5, 5.41) is 0. The minimum atomic E-state index is 0.0473. The van der Waals surface area contributed by atoms with Crippen molar-refractivity contribution in [2.75, 3.05) is 33.0 Å². The number of carbonyl (C=O) groups is 1. The van der Waals surface area contributed by atoms with Crippen LogP contribution < -0.4 is 10.5 Å². The summed E-state index contributed by atoms with van der Waals surface area (Å²) in [6, 6.07) is 3.87. The first-order valence-electron chi connectivity index (χ1n) is 8.19. The Morgan fingerprint density at radius 2 is 2.36 bits per heavy atom. The van der Waals surface area contributed by atoms with Crippen molar-refractivity contribution < 1.29 is 9.53 Å². The topological polar surface area (TPSA) is 84.6 Å². The first-order valence-corrected chi connectivity index (χ1v) is 9.01. The highest BCUT2D eigenvalue weighted by atomic mass is 32.1. The van der Waals surface area contributed by atoms with Crippen LogP contribution in [0.2, 0.25) is 0 Å². The fourth-order valence-electron chi connectivity index (χ4n) is 3.06. The zero-order valence-electron chi connectivity index (χ0n) is 14.7. The van der Waals surface area contributed by atoms with Crippen LogP contribution in [-0.4, -0.2) is 59.0 Å². The molecule has 0 spiro atoms. The molecule has 0 radical (unpaired) electrons. The summed E-state index contributed by atoms with van der Waals surface area (Å²) in [6.45, 7) is 4.03. The monoisotopic (exact) mass is 361 g/mol. The molecule has 2 aromatic heterocycles. The predicted molar refractivity (Wildman–Crippen MR) is 97.8 cm³/mol. The minimum absolute atomic E-state index is 0.0473. The van der Waals surface area contributed by atoms with Crippen LogP contribution in [0.3, 0.4) is 0 Å². The molecule has 1 saturated heterocycles. The molecule has 25 heavy (non-hydrogen) atoms. The number of hydrogen-bond donors (Lipinski definition) is 1. The van der Waals surface area contributed by atoms with E-state index in [2.05, 4.69) is 14.9 Å². The zero-order chi connectivity index (χ0) is 18.0. The van der Waals surface area contributed by atoms with Crippen molar-refractivity contribution in [1.82, 2.24) is 19.8 Å². The maximum Gasteiger partial charge on any atom is 0.267 e. The molecular formula is C17H23N5O2S. The zero-order valence-corrected chi connectivity index (χ0v) is 15.5. The van der Waals surface area contributed by atoms with Crippen LogP contribution in [0, 0.1) is 6.92 Å². The Morgan fingerprint density at radius 1 is 1.56 bits per heavy atom. The van der Waals surface area contributed by atoms with Crippen molar-refractivity contribution in [3.8, 4) is 5.75 Å². The number of rotatable bonds is 5. The van der Waals surface area contributed by atoms with E-state index in [1.165, 1.54) is 11.3 Å². The molecule has 1 fully saturated rings. The third kappa shape index (κ3) is 3.91. The number of carbonyl (C=O) groups excluding carboxylic acids is 1. The number of likely N-dealkylation sites (tertiary alicyclic amines) is 1. The van der Waals surface area contributed by atoms with E-state index < -0.39 is 0 Å². The molecule has 1 aliphatic heterocycles. The van der Waals surface area contributed by atoms with Gasteiger partial charge in [0.05, 0.1) is 13.7 Å². The number of thiophene rings is 1. The Hall–Kier alpha value is -2.19. The number of amides is 1. The average molecular weight is 361 g/mol. The molecule has 3 rings (SSSR count). The summed E-state index contributed by atoms with van der Waals surface area (Å²) in [6.07, 6.45) is 2.60. The predicted octanol–water partition coefficient (Wildman–Crippen LogP) is 1.78. The van der Waals surface area contributed by atoms with Gasteiger partial charge >= 0.3 is 0 Å². The van der Waals surface area contributed by atoms with E-state index in [4.69, 9.17) is 10.5 Å². The van der Waals surface area contributed by atoms with Gasteiger partial charge in [-0.1, -0.05) is 0 Å². The van der Waals surface area contributed by atoms with Crippen LogP contribution in [0.25, 0.3) is 0 Å². The fourth-order valence-corrected chi connectivity index (χ4v) is 4.01. The smallest absolute Gasteiger partial charge is 0.267 e. The first kappa shape index (κ1) is 17.6. The van der Waals surface area contributed by atoms with Gasteiger partial charge in [0.15, 0.2) is 0 Å². The van der Waals surface area contributed by atoms with Gasteiger partial charge in [-0.15, -0.1) is 11.3 Å². The number of hydrogen-bond acceptors (Lipinski definition) is 7. The molecule has 0 aromatic carbocycles. The Bertz CT molecular complexity index is 763. The minimum Gasteiger partial charge on any atom is -0.495 e. The Morgan fingerprint density at radius 3 is 3.08 bits per heavy atom. The molecule has 8 heteroatoms. The average Bonchev–Trinajstić information content (AvgIpc) is 3.20. The highest BCUT2D eigenvalue weighted by Gasteiger charge is 2.31. The molecule has 1 atom stereocenters. The summed E-state index contributed by atoms with van der Waals surface area (Å²) in [7, 11) is 3.63. The Kier molecular flexibility index (Phi) is 5.19. The van der Waals surface area contributed by atoms with Gasteiger partial charge in [-0.3, -0.25) is 9.69 Å². The fraction of sp³-hybridized carbons (Fsp3) is 0.471. The Balaban J connectivity index is 1.63. The van der Waals surface area contributed by atoms with Crippen LogP contribution >= 0.6 is 11.3 Å². The molecule has 2 aromatic rings. The van der Waals surface area contributed by atoms with E-state index in [1.807, 2.05) is 24.9 Å². The van der Waals surface area contributed by atoms with Gasteiger partial charge in [-0.05, 0) is 32.5 Å². The molecule has 0 unspecified atom stereocenters. The lowest BCUT2D eigenvalue weighted by Crippen LogP contribution is -2.36. The van der Waals surface area contributed by atoms with E-state index >= 15 is 0 Å². The first-order chi connectivity index (χ1) is 12.0. The molecule has 2 N–H and O–H groups in total. The van der Waals surface area contributed by atoms with E-state index in [1.54, 1.807) is 19.4 Å². The number of likely N-dealkylation sites (N-methyl/N-ethyl adjacent to an activating group) is 1. The van der Waals surface area contributed by atoms with Crippen molar-refractivity contribution in [2.45, 2.75) is 25.9 Å². The Labute approximate surface area is 151 Å². The number of aryl methyl sites for hydroxylation is 1. The lowest BCUT2D eigenvalue weighted by atomic mass is 10.2. The van der Waals surface area contributed by atoms with E-state index in [-0.39, 0.29) is 11.9 Å². The number of nitrogens with two attached hydrogens (primary N) is 1. The molecule has 0 saturated carbocycles. The molecule has 0 bridgehead atoms. The van der Waals surface area contributed by atoms with Gasteiger partial charge in [0.25, 0.3) is 5.91 Å². The normalized spacial score (nSPS) is 17.3. The van der Waals surface area contributed by atoms with E-state index in [9.17, 15) is 4.79 Å². The van der Waals surface area contributed by atoms with Crippen molar-refractivity contribution in [1.29, 1.82) is 0 Å². The van der Waals surface area contributed by atoms with Crippen LogP contribution in [0.15, 0.2) is 18.3 Å². The molecular weight excluding hydrogens is 338 g/mol. The quantitative estimate of drug-likeness (QED) is 0.874. The van der Waals surface area contributed by atoms with Crippen molar-refractivity contribution in [3.63, 3.8) is 0 Å². The van der Waals surface area contributed by atoms with Crippen molar-refractivity contribution in [2.24, 2.45) is 0 Å². The second-order valence-corrected chi connectivity index (χ2v) is 7.52. The van der Waals surface area contributed by atoms with Crippen molar-refractivity contribution >= 4 is 23.1 Å². The van der Waals surface area contributed by atoms with Crippen molar-refractivity contribution in [3.05, 3.63) is 33.9 Å². The second-order valence-electron chi connectivity index (χ2n) is 6.26. The van der Waals surface area contributed by atoms with Crippen LogP contribution in [-0.2, 0) is 6.54 Å². The van der Waals surface area contributed by atoms with Gasteiger partial charge in [-0.2, -0.15) is 0 Å². The molecule has 1 aliphatic rings. The lowest BCUT2D eigenvalue weighted by Gasteiger charge is -2.24. The third-order valence-corrected chi connectivity index (χ3v) is 5.45. The number of nitrogen functional groups attached to an aromatic ring is 1. The van der Waals surface area contributed by atoms with Crippen LogP contribution in [0.5, 0.6) is 5.75 Å². The summed E-state index contributed by atoms with van der Waals surface area (Å²) in [4.78, 5) is 27.1. The standard InChI is InChI=1S/C17H23N5O2S/c1-11-8-13(24-3)16(25-11)17(23)22-7-5-12(9-22)21(2)10-15-19-6-4-14(18)20-15/h4,6,8,12H,5,7,9-10H2,1-3H3,(H2,18,19,20)/t12-/m0/s1. The maximum atomic E-state index is 12.8. The number of methoxy groups -OCH3 is 1. The van der Waals surface area contributed by atoms with Gasteiger partial charge in [0.2, 0.25) is 0 Å². The summed E-state index contributed by atoms with van der Waals surface area (Å²) in [5.74, 6) is 1.88. The highest BCUT2D eigenvalue weighted by Crippen LogP contribution is 2.31. The van der Waals surface area contributed by atoms with E-state index in [0.29, 0.717) is 35.4 Å². The third-order valence-electron chi connectivity index (χ3n) is 4.43. The maximum absolute atomic E-state index is 12.8. The number of ether oxygens (including phenoxy) is 1.